The topological polar surface area (TPSA) is 72.1 Å². The molecule has 3 N–H and O–H groups in total. The number of hydrogen-bond acceptors (Lipinski definition) is 4. The summed E-state index contributed by atoms with van der Waals surface area (Å²) < 4.78 is 10.9. The Kier molecular flexibility index (Phi) is 6.87. The maximum absolute atomic E-state index is 6.32. The van der Waals surface area contributed by atoms with E-state index in [0.717, 1.165) is 50.6 Å². The number of nitrogens with one attached hydrogen (secondary N) is 1. The predicted octanol–water partition coefficient (Wildman–Crippen LogP) is 3.37. The molecule has 4 rings (SSSR count). The van der Waals surface area contributed by atoms with Crippen molar-refractivity contribution in [3.63, 3.8) is 0 Å². The van der Waals surface area contributed by atoms with Crippen LogP contribution in [0.5, 0.6) is 5.75 Å². The van der Waals surface area contributed by atoms with E-state index in [-0.39, 0.29) is 6.04 Å². The summed E-state index contributed by atoms with van der Waals surface area (Å²) in [5, 5.41) is 3.36. The first kappa shape index (κ1) is 20.7. The molecule has 1 aliphatic heterocycles. The zero-order chi connectivity index (χ0) is 20.8. The number of methoxy groups -OCH3 is 1. The Hall–Kier alpha value is -2.57. The highest BCUT2D eigenvalue weighted by atomic mass is 16.5. The summed E-state index contributed by atoms with van der Waals surface area (Å²) in [6.45, 7) is 3.89. The first-order chi connectivity index (χ1) is 14.7. The van der Waals surface area contributed by atoms with E-state index >= 15 is 0 Å². The molecule has 0 spiro atoms. The number of fused-ring (bicyclic) bond motifs is 1. The highest BCUT2D eigenvalue weighted by Gasteiger charge is 2.23. The molecule has 160 valence electrons. The van der Waals surface area contributed by atoms with E-state index in [1.54, 1.807) is 7.11 Å². The number of ether oxygens (including phenoxy) is 2. The predicted molar refractivity (Wildman–Crippen MR) is 121 cm³/mol. The van der Waals surface area contributed by atoms with Crippen molar-refractivity contribution in [2.75, 3.05) is 45.3 Å². The van der Waals surface area contributed by atoms with Crippen molar-refractivity contribution in [1.29, 1.82) is 0 Å². The van der Waals surface area contributed by atoms with E-state index in [9.17, 15) is 0 Å². The molecule has 0 radical (unpaired) electrons. The van der Waals surface area contributed by atoms with Gasteiger partial charge in [-0.2, -0.15) is 0 Å². The fraction of sp³-hybridized carbons (Fsp3) is 0.458. The molecule has 1 fully saturated rings. The number of aryl methyl sites for hydroxylation is 1. The molecular weight excluding hydrogens is 376 g/mol. The number of nitrogens with two attached hydrogens (primary N) is 1. The minimum absolute atomic E-state index is 0.157. The average molecular weight is 409 g/mol. The van der Waals surface area contributed by atoms with E-state index in [1.807, 2.05) is 12.1 Å². The van der Waals surface area contributed by atoms with Crippen LogP contribution < -0.4 is 15.8 Å². The van der Waals surface area contributed by atoms with Gasteiger partial charge in [-0.3, -0.25) is 9.89 Å². The highest BCUT2D eigenvalue weighted by Crippen LogP contribution is 2.28. The number of morpholine rings is 1. The quantitative estimate of drug-likeness (QED) is 0.566. The number of anilines is 1. The molecule has 2 aromatic carbocycles. The molecule has 2 aliphatic rings. The van der Waals surface area contributed by atoms with Gasteiger partial charge in [0, 0.05) is 18.8 Å². The van der Waals surface area contributed by atoms with Crippen molar-refractivity contribution in [3.05, 3.63) is 59.2 Å². The molecule has 2 aromatic rings. The molecule has 30 heavy (non-hydrogen) atoms. The maximum Gasteiger partial charge on any atom is 0.193 e. The Balaban J connectivity index is 1.50. The molecule has 1 atom stereocenters. The number of benzene rings is 2. The van der Waals surface area contributed by atoms with Crippen LogP contribution in [0.2, 0.25) is 0 Å². The third-order valence-corrected chi connectivity index (χ3v) is 6.08. The number of hydrogen-bond donors (Lipinski definition) is 2. The van der Waals surface area contributed by atoms with Gasteiger partial charge in [-0.15, -0.1) is 0 Å². The van der Waals surface area contributed by atoms with E-state index in [1.165, 1.54) is 29.5 Å². The number of nitrogens with zero attached hydrogens (tertiary/aromatic N) is 2. The lowest BCUT2D eigenvalue weighted by atomic mass is 9.90. The van der Waals surface area contributed by atoms with Gasteiger partial charge >= 0.3 is 0 Å². The smallest absolute Gasteiger partial charge is 0.193 e. The van der Waals surface area contributed by atoms with Crippen LogP contribution in [0.3, 0.4) is 0 Å². The summed E-state index contributed by atoms with van der Waals surface area (Å²) in [7, 11) is 1.69. The van der Waals surface area contributed by atoms with Crippen LogP contribution >= 0.6 is 0 Å². The maximum atomic E-state index is 6.32. The summed E-state index contributed by atoms with van der Waals surface area (Å²) >= 11 is 0. The van der Waals surface area contributed by atoms with Crippen LogP contribution in [0.1, 0.15) is 35.6 Å². The molecule has 0 aromatic heterocycles. The normalized spacial score (nSPS) is 18.5. The minimum Gasteiger partial charge on any atom is -0.497 e. The van der Waals surface area contributed by atoms with Gasteiger partial charge in [0.25, 0.3) is 0 Å². The average Bonchev–Trinajstić information content (AvgIpc) is 2.80. The largest absolute Gasteiger partial charge is 0.497 e. The summed E-state index contributed by atoms with van der Waals surface area (Å²) in [5.41, 5.74) is 11.5. The van der Waals surface area contributed by atoms with Crippen molar-refractivity contribution in [2.24, 2.45) is 10.7 Å². The molecule has 0 amide bonds. The second-order valence-corrected chi connectivity index (χ2v) is 7.94. The van der Waals surface area contributed by atoms with E-state index < -0.39 is 0 Å². The second-order valence-electron chi connectivity index (χ2n) is 7.94. The van der Waals surface area contributed by atoms with Crippen LogP contribution in [-0.4, -0.2) is 50.8 Å². The van der Waals surface area contributed by atoms with Crippen LogP contribution in [0.15, 0.2) is 47.5 Å². The number of rotatable bonds is 6. The van der Waals surface area contributed by atoms with Crippen LogP contribution in [-0.2, 0) is 17.6 Å². The molecule has 6 nitrogen and oxygen atoms in total. The number of guanidine groups is 1. The Bertz CT molecular complexity index is 860. The highest BCUT2D eigenvalue weighted by molar-refractivity contribution is 5.93. The molecule has 0 bridgehead atoms. The zero-order valence-electron chi connectivity index (χ0n) is 17.8. The molecule has 0 saturated carbocycles. The van der Waals surface area contributed by atoms with Gasteiger partial charge in [0.2, 0.25) is 0 Å². The van der Waals surface area contributed by atoms with Gasteiger partial charge in [0.05, 0.1) is 32.9 Å². The minimum atomic E-state index is 0.157. The summed E-state index contributed by atoms with van der Waals surface area (Å²) in [6.07, 6.45) is 4.76. The fourth-order valence-corrected chi connectivity index (χ4v) is 4.41. The van der Waals surface area contributed by atoms with Crippen molar-refractivity contribution < 1.29 is 9.47 Å². The first-order valence-corrected chi connectivity index (χ1v) is 10.9. The molecular formula is C24H32N4O2. The monoisotopic (exact) mass is 408 g/mol. The third-order valence-electron chi connectivity index (χ3n) is 6.08. The lowest BCUT2D eigenvalue weighted by Gasteiger charge is -2.34. The van der Waals surface area contributed by atoms with Crippen molar-refractivity contribution in [1.82, 2.24) is 4.90 Å². The van der Waals surface area contributed by atoms with Gasteiger partial charge in [-0.05, 0) is 60.6 Å². The molecule has 1 aliphatic carbocycles. The van der Waals surface area contributed by atoms with Crippen LogP contribution in [0.25, 0.3) is 0 Å². The second kappa shape index (κ2) is 9.96. The number of aliphatic imine (C=N–C) groups is 1. The fourth-order valence-electron chi connectivity index (χ4n) is 4.41. The van der Waals surface area contributed by atoms with Crippen molar-refractivity contribution >= 4 is 11.6 Å². The van der Waals surface area contributed by atoms with Gasteiger partial charge in [-0.25, -0.2) is 0 Å². The van der Waals surface area contributed by atoms with Crippen LogP contribution in [0.4, 0.5) is 5.69 Å². The molecule has 1 unspecified atom stereocenters. The van der Waals surface area contributed by atoms with Crippen molar-refractivity contribution in [3.8, 4) is 5.75 Å². The van der Waals surface area contributed by atoms with Gasteiger partial charge in [-0.1, -0.05) is 24.3 Å². The Morgan fingerprint density at radius 3 is 2.67 bits per heavy atom. The summed E-state index contributed by atoms with van der Waals surface area (Å²) in [4.78, 5) is 7.16. The third kappa shape index (κ3) is 4.94. The van der Waals surface area contributed by atoms with E-state index in [4.69, 9.17) is 20.2 Å². The molecule has 1 saturated heterocycles. The SMILES string of the molecule is COc1ccc(C(CN=C(N)Nc2cccc3c2CCCC3)N2CCOCC2)cc1. The van der Waals surface area contributed by atoms with E-state index in [2.05, 4.69) is 40.5 Å². The lowest BCUT2D eigenvalue weighted by Crippen LogP contribution is -2.40. The summed E-state index contributed by atoms with van der Waals surface area (Å²) in [6, 6.07) is 14.8. The van der Waals surface area contributed by atoms with E-state index in [0.29, 0.717) is 12.5 Å². The Morgan fingerprint density at radius 1 is 1.13 bits per heavy atom. The van der Waals surface area contributed by atoms with Crippen molar-refractivity contribution in [2.45, 2.75) is 31.7 Å². The zero-order valence-corrected chi connectivity index (χ0v) is 17.8. The van der Waals surface area contributed by atoms with Crippen LogP contribution in [0, 0.1) is 0 Å². The molecule has 6 heteroatoms. The van der Waals surface area contributed by atoms with Gasteiger partial charge < -0.3 is 20.5 Å². The first-order valence-electron chi connectivity index (χ1n) is 10.9. The Morgan fingerprint density at radius 2 is 1.90 bits per heavy atom. The molecule has 1 heterocycles. The lowest BCUT2D eigenvalue weighted by molar-refractivity contribution is 0.0180. The van der Waals surface area contributed by atoms with Gasteiger partial charge in [0.1, 0.15) is 5.75 Å². The standard InChI is InChI=1S/C24H32N4O2/c1-29-20-11-9-19(10-12-20)23(28-13-15-30-16-14-28)17-26-24(25)27-22-8-4-6-18-5-2-3-7-21(18)22/h4,6,8-12,23H,2-3,5,7,13-17H2,1H3,(H3,25,26,27). The van der Waals surface area contributed by atoms with Gasteiger partial charge in [0.15, 0.2) is 5.96 Å². The Labute approximate surface area is 179 Å². The summed E-state index contributed by atoms with van der Waals surface area (Å²) in [5.74, 6) is 1.33.